The third-order valence-electron chi connectivity index (χ3n) is 4.04. The van der Waals surface area contributed by atoms with Crippen molar-refractivity contribution in [2.24, 2.45) is 0 Å². The standard InChI is InChI=1S/C20H15F2NO3/c1-26-20-12-19(22)15(9-13-5-7-16(21)8-6-13)11-18(20)14-3-2-4-17(10-14)23(24)25/h2-8,10-12H,9H2,1H3. The molecular formula is C20H15F2NO3. The van der Waals surface area contributed by atoms with E-state index in [0.29, 0.717) is 16.7 Å². The molecule has 132 valence electrons. The van der Waals surface area contributed by atoms with Crippen molar-refractivity contribution < 1.29 is 18.4 Å². The van der Waals surface area contributed by atoms with Crippen LogP contribution in [0.4, 0.5) is 14.5 Å². The number of nitro groups is 1. The van der Waals surface area contributed by atoms with E-state index in [9.17, 15) is 18.9 Å². The van der Waals surface area contributed by atoms with E-state index in [1.807, 2.05) is 0 Å². The summed E-state index contributed by atoms with van der Waals surface area (Å²) in [5.41, 5.74) is 2.18. The van der Waals surface area contributed by atoms with Gasteiger partial charge in [-0.2, -0.15) is 0 Å². The SMILES string of the molecule is COc1cc(F)c(Cc2ccc(F)cc2)cc1-c1cccc([N+](=O)[O-])c1. The van der Waals surface area contributed by atoms with Crippen molar-refractivity contribution in [3.8, 4) is 16.9 Å². The van der Waals surface area contributed by atoms with Crippen LogP contribution >= 0.6 is 0 Å². The summed E-state index contributed by atoms with van der Waals surface area (Å²) in [5.74, 6) is -0.535. The highest BCUT2D eigenvalue weighted by molar-refractivity contribution is 5.73. The monoisotopic (exact) mass is 355 g/mol. The molecule has 0 bridgehead atoms. The molecule has 0 atom stereocenters. The largest absolute Gasteiger partial charge is 0.496 e. The van der Waals surface area contributed by atoms with E-state index < -0.39 is 10.7 Å². The van der Waals surface area contributed by atoms with Gasteiger partial charge in [0.2, 0.25) is 0 Å². The van der Waals surface area contributed by atoms with Gasteiger partial charge in [0.05, 0.1) is 12.0 Å². The van der Waals surface area contributed by atoms with Gasteiger partial charge in [0, 0.05) is 30.2 Å². The minimum Gasteiger partial charge on any atom is -0.496 e. The van der Waals surface area contributed by atoms with Gasteiger partial charge in [-0.25, -0.2) is 8.78 Å². The highest BCUT2D eigenvalue weighted by Gasteiger charge is 2.15. The van der Waals surface area contributed by atoms with Crippen molar-refractivity contribution in [3.63, 3.8) is 0 Å². The summed E-state index contributed by atoms with van der Waals surface area (Å²) in [5, 5.41) is 11.0. The van der Waals surface area contributed by atoms with Crippen LogP contribution in [-0.2, 0) is 6.42 Å². The Kier molecular flexibility index (Phi) is 4.93. The molecule has 0 fully saturated rings. The van der Waals surface area contributed by atoms with Crippen molar-refractivity contribution in [2.45, 2.75) is 6.42 Å². The number of rotatable bonds is 5. The average Bonchev–Trinajstić information content (AvgIpc) is 2.65. The Morgan fingerprint density at radius 2 is 1.77 bits per heavy atom. The number of halogens is 2. The van der Waals surface area contributed by atoms with E-state index >= 15 is 0 Å². The molecule has 0 saturated carbocycles. The van der Waals surface area contributed by atoms with Crippen LogP contribution in [0.3, 0.4) is 0 Å². The number of nitro benzene ring substituents is 1. The van der Waals surface area contributed by atoms with Crippen molar-refractivity contribution in [1.82, 2.24) is 0 Å². The Bertz CT molecular complexity index is 956. The van der Waals surface area contributed by atoms with Gasteiger partial charge in [-0.05, 0) is 34.9 Å². The van der Waals surface area contributed by atoms with Crippen molar-refractivity contribution in [1.29, 1.82) is 0 Å². The summed E-state index contributed by atoms with van der Waals surface area (Å²) in [7, 11) is 1.41. The van der Waals surface area contributed by atoms with Gasteiger partial charge in [-0.3, -0.25) is 10.1 Å². The number of hydrogen-bond donors (Lipinski definition) is 0. The molecule has 0 N–H and O–H groups in total. The molecule has 4 nitrogen and oxygen atoms in total. The molecule has 0 aliphatic carbocycles. The van der Waals surface area contributed by atoms with E-state index in [1.54, 1.807) is 30.3 Å². The lowest BCUT2D eigenvalue weighted by molar-refractivity contribution is -0.384. The van der Waals surface area contributed by atoms with Crippen LogP contribution in [0.25, 0.3) is 11.1 Å². The van der Waals surface area contributed by atoms with Crippen LogP contribution in [0.1, 0.15) is 11.1 Å². The van der Waals surface area contributed by atoms with Crippen molar-refractivity contribution in [2.75, 3.05) is 7.11 Å². The van der Waals surface area contributed by atoms with E-state index in [0.717, 1.165) is 5.56 Å². The Balaban J connectivity index is 2.05. The lowest BCUT2D eigenvalue weighted by Crippen LogP contribution is -1.98. The molecule has 26 heavy (non-hydrogen) atoms. The molecule has 6 heteroatoms. The molecule has 0 aliphatic heterocycles. The third kappa shape index (κ3) is 3.69. The highest BCUT2D eigenvalue weighted by Crippen LogP contribution is 2.34. The fraction of sp³-hybridized carbons (Fsp3) is 0.100. The fourth-order valence-corrected chi connectivity index (χ4v) is 2.74. The van der Waals surface area contributed by atoms with Gasteiger partial charge in [0.25, 0.3) is 5.69 Å². The number of nitrogens with zero attached hydrogens (tertiary/aromatic N) is 1. The molecule has 0 aromatic heterocycles. The summed E-state index contributed by atoms with van der Waals surface area (Å²) in [6, 6.07) is 14.7. The minimum atomic E-state index is -0.487. The second kappa shape index (κ2) is 7.31. The number of benzene rings is 3. The maximum absolute atomic E-state index is 14.4. The molecule has 0 unspecified atom stereocenters. The Morgan fingerprint density at radius 3 is 2.42 bits per heavy atom. The number of ether oxygens (including phenoxy) is 1. The predicted octanol–water partition coefficient (Wildman–Crippen LogP) is 5.14. The maximum atomic E-state index is 14.4. The van der Waals surface area contributed by atoms with Crippen LogP contribution in [0.5, 0.6) is 5.75 Å². The third-order valence-corrected chi connectivity index (χ3v) is 4.04. The lowest BCUT2D eigenvalue weighted by atomic mass is 9.97. The molecule has 3 aromatic carbocycles. The first-order valence-corrected chi connectivity index (χ1v) is 7.83. The van der Waals surface area contributed by atoms with Gasteiger partial charge in [0.15, 0.2) is 0 Å². The zero-order valence-corrected chi connectivity index (χ0v) is 13.9. The van der Waals surface area contributed by atoms with Crippen LogP contribution in [-0.4, -0.2) is 12.0 Å². The van der Waals surface area contributed by atoms with E-state index in [4.69, 9.17) is 4.74 Å². The molecule has 0 heterocycles. The number of methoxy groups -OCH3 is 1. The maximum Gasteiger partial charge on any atom is 0.270 e. The molecule has 0 radical (unpaired) electrons. The number of hydrogen-bond acceptors (Lipinski definition) is 3. The van der Waals surface area contributed by atoms with E-state index in [1.165, 1.54) is 37.4 Å². The Hall–Kier alpha value is -3.28. The molecule has 3 aromatic rings. The summed E-state index contributed by atoms with van der Waals surface area (Å²) >= 11 is 0. The van der Waals surface area contributed by atoms with Gasteiger partial charge in [0.1, 0.15) is 17.4 Å². The van der Waals surface area contributed by atoms with Crippen molar-refractivity contribution >= 4 is 5.69 Å². The zero-order chi connectivity index (χ0) is 18.7. The average molecular weight is 355 g/mol. The summed E-state index contributed by atoms with van der Waals surface area (Å²) in [6.45, 7) is 0. The second-order valence-corrected chi connectivity index (χ2v) is 5.75. The fourth-order valence-electron chi connectivity index (χ4n) is 2.74. The first kappa shape index (κ1) is 17.5. The first-order valence-electron chi connectivity index (χ1n) is 7.83. The highest BCUT2D eigenvalue weighted by atomic mass is 19.1. The van der Waals surface area contributed by atoms with Gasteiger partial charge >= 0.3 is 0 Å². The molecule has 0 amide bonds. The smallest absolute Gasteiger partial charge is 0.270 e. The van der Waals surface area contributed by atoms with E-state index in [2.05, 4.69) is 0 Å². The Morgan fingerprint density at radius 1 is 1.04 bits per heavy atom. The van der Waals surface area contributed by atoms with Crippen LogP contribution in [0.15, 0.2) is 60.7 Å². The van der Waals surface area contributed by atoms with Crippen LogP contribution in [0.2, 0.25) is 0 Å². The van der Waals surface area contributed by atoms with Crippen molar-refractivity contribution in [3.05, 3.63) is 93.5 Å². The van der Waals surface area contributed by atoms with Gasteiger partial charge in [-0.1, -0.05) is 24.3 Å². The number of non-ortho nitro benzene ring substituents is 1. The predicted molar refractivity (Wildman–Crippen MR) is 94.2 cm³/mol. The first-order chi connectivity index (χ1) is 12.5. The lowest BCUT2D eigenvalue weighted by Gasteiger charge is -2.13. The van der Waals surface area contributed by atoms with E-state index in [-0.39, 0.29) is 23.7 Å². The minimum absolute atomic E-state index is 0.0611. The Labute approximate surface area is 148 Å². The zero-order valence-electron chi connectivity index (χ0n) is 13.9. The molecule has 0 saturated heterocycles. The molecule has 3 rings (SSSR count). The normalized spacial score (nSPS) is 10.6. The topological polar surface area (TPSA) is 52.4 Å². The summed E-state index contributed by atoms with van der Waals surface area (Å²) < 4.78 is 32.7. The van der Waals surface area contributed by atoms with Gasteiger partial charge in [-0.15, -0.1) is 0 Å². The van der Waals surface area contributed by atoms with Crippen LogP contribution < -0.4 is 4.74 Å². The summed E-state index contributed by atoms with van der Waals surface area (Å²) in [4.78, 5) is 10.5. The molecule has 0 aliphatic rings. The molecular weight excluding hydrogens is 340 g/mol. The van der Waals surface area contributed by atoms with Crippen LogP contribution in [0, 0.1) is 21.7 Å². The second-order valence-electron chi connectivity index (χ2n) is 5.75. The quantitative estimate of drug-likeness (QED) is 0.470. The van der Waals surface area contributed by atoms with Gasteiger partial charge < -0.3 is 4.74 Å². The molecule has 0 spiro atoms. The summed E-state index contributed by atoms with van der Waals surface area (Å²) in [6.07, 6.45) is 0.262.